The maximum absolute atomic E-state index is 12.4. The van der Waals surface area contributed by atoms with Crippen LogP contribution in [0.4, 0.5) is 0 Å². The van der Waals surface area contributed by atoms with Gasteiger partial charge in [0.2, 0.25) is 5.91 Å². The number of carbonyl (C=O) groups excluding carboxylic acids is 1. The predicted octanol–water partition coefficient (Wildman–Crippen LogP) is 0.686. The number of hydrogen-bond donors (Lipinski definition) is 3. The highest BCUT2D eigenvalue weighted by atomic mass is 32.2. The average molecular weight is 347 g/mol. The van der Waals surface area contributed by atoms with Gasteiger partial charge < -0.3 is 15.1 Å². The van der Waals surface area contributed by atoms with E-state index < -0.39 is 40.7 Å². The molecule has 1 fully saturated rings. The highest BCUT2D eigenvalue weighted by Gasteiger charge is 2.41. The topological polar surface area (TPSA) is 136 Å². The monoisotopic (exact) mass is 347 g/mol. The van der Waals surface area contributed by atoms with Gasteiger partial charge in [-0.15, -0.1) is 4.91 Å². The van der Waals surface area contributed by atoms with Gasteiger partial charge in [-0.05, 0) is 33.6 Å². The summed E-state index contributed by atoms with van der Waals surface area (Å²) < 4.78 is 1.60. The van der Waals surface area contributed by atoms with Crippen molar-refractivity contribution in [1.29, 1.82) is 0 Å². The number of nitroso groups, excluding NO2 is 1. The summed E-state index contributed by atoms with van der Waals surface area (Å²) in [7, 11) is 0. The molecule has 23 heavy (non-hydrogen) atoms. The molecular weight excluding hydrogens is 326 g/mol. The van der Waals surface area contributed by atoms with Crippen LogP contribution < -0.4 is 5.32 Å². The highest BCUT2D eigenvalue weighted by Crippen LogP contribution is 2.29. The summed E-state index contributed by atoms with van der Waals surface area (Å²) in [6, 6.07) is -2.98. The molecule has 3 N–H and O–H groups in total. The van der Waals surface area contributed by atoms with Crippen molar-refractivity contribution in [2.24, 2.45) is 4.58 Å². The lowest BCUT2D eigenvalue weighted by Gasteiger charge is -2.32. The second-order valence-corrected chi connectivity index (χ2v) is 7.34. The molecule has 3 atom stereocenters. The Morgan fingerprint density at radius 3 is 2.43 bits per heavy atom. The highest BCUT2D eigenvalue weighted by molar-refractivity contribution is 7.99. The summed E-state index contributed by atoms with van der Waals surface area (Å²) in [5.41, 5.74) is 0. The van der Waals surface area contributed by atoms with E-state index in [1.165, 1.54) is 25.7 Å². The molecule has 0 bridgehead atoms. The summed E-state index contributed by atoms with van der Waals surface area (Å²) in [4.78, 5) is 46.7. The summed E-state index contributed by atoms with van der Waals surface area (Å²) in [6.45, 7) is 4.86. The van der Waals surface area contributed by atoms with E-state index in [0.29, 0.717) is 31.3 Å². The van der Waals surface area contributed by atoms with Crippen LogP contribution in [0, 0.1) is 4.91 Å². The molecule has 0 aromatic carbocycles. The predicted molar refractivity (Wildman–Crippen MR) is 83.9 cm³/mol. The fourth-order valence-electron chi connectivity index (χ4n) is 2.58. The van der Waals surface area contributed by atoms with Gasteiger partial charge in [0.25, 0.3) is 0 Å². The zero-order valence-corrected chi connectivity index (χ0v) is 14.0. The van der Waals surface area contributed by atoms with Crippen molar-refractivity contribution in [1.82, 2.24) is 10.2 Å². The number of hydrogen-bond acceptors (Lipinski definition) is 7. The van der Waals surface area contributed by atoms with Crippen LogP contribution in [0.15, 0.2) is 4.58 Å². The summed E-state index contributed by atoms with van der Waals surface area (Å²) in [5, 5.41) is 21.1. The van der Waals surface area contributed by atoms with Gasteiger partial charge in [0.1, 0.15) is 12.1 Å². The van der Waals surface area contributed by atoms with Gasteiger partial charge in [0.15, 0.2) is 0 Å². The third-order valence-corrected chi connectivity index (χ3v) is 4.60. The van der Waals surface area contributed by atoms with Gasteiger partial charge in [-0.2, -0.15) is 0 Å². The third-order valence-electron chi connectivity index (χ3n) is 3.82. The fourth-order valence-corrected chi connectivity index (χ4v) is 3.04. The number of aliphatic carboxylic acids is 2. The fraction of sp³-hybridized carbons (Fsp3) is 0.769. The minimum Gasteiger partial charge on any atom is -0.480 e. The number of nitrogens with one attached hydrogen (secondary N) is 1. The van der Waals surface area contributed by atoms with Crippen molar-refractivity contribution >= 4 is 29.8 Å². The van der Waals surface area contributed by atoms with E-state index in [9.17, 15) is 24.4 Å². The molecule has 0 saturated carbocycles. The van der Waals surface area contributed by atoms with Gasteiger partial charge in [-0.1, -0.05) is 0 Å². The van der Waals surface area contributed by atoms with Crippen molar-refractivity contribution in [3.8, 4) is 0 Å². The second-order valence-electron chi connectivity index (χ2n) is 5.96. The number of nitrogens with zero attached hydrogens (tertiary/aromatic N) is 2. The van der Waals surface area contributed by atoms with Crippen LogP contribution in [-0.2, 0) is 14.4 Å². The Balaban J connectivity index is 2.84. The quantitative estimate of drug-likeness (QED) is 0.431. The van der Waals surface area contributed by atoms with Gasteiger partial charge in [-0.3, -0.25) is 14.9 Å². The number of carboxylic acid groups (broad SMARTS) is 2. The number of rotatable bonds is 8. The van der Waals surface area contributed by atoms with Crippen molar-refractivity contribution in [3.63, 3.8) is 0 Å². The SMILES string of the molecule is CC(NC(C(=O)O)C(C)(C)SN=O)C(=O)N1CCCC1C(=O)O. The van der Waals surface area contributed by atoms with Crippen LogP contribution >= 0.6 is 11.9 Å². The van der Waals surface area contributed by atoms with Crippen LogP contribution in [0.1, 0.15) is 33.6 Å². The molecule has 1 amide bonds. The van der Waals surface area contributed by atoms with Crippen LogP contribution in [0.5, 0.6) is 0 Å². The lowest BCUT2D eigenvalue weighted by Crippen LogP contribution is -2.58. The molecule has 1 aliphatic heterocycles. The van der Waals surface area contributed by atoms with Gasteiger partial charge in [0.05, 0.1) is 10.8 Å². The molecule has 1 saturated heterocycles. The van der Waals surface area contributed by atoms with Gasteiger partial charge in [-0.25, -0.2) is 4.79 Å². The molecule has 3 unspecified atom stereocenters. The van der Waals surface area contributed by atoms with Gasteiger partial charge >= 0.3 is 11.9 Å². The molecule has 130 valence electrons. The molecule has 1 rings (SSSR count). The van der Waals surface area contributed by atoms with Crippen LogP contribution in [0.3, 0.4) is 0 Å². The smallest absolute Gasteiger partial charge is 0.326 e. The van der Waals surface area contributed by atoms with E-state index in [1.807, 2.05) is 0 Å². The summed E-state index contributed by atoms with van der Waals surface area (Å²) in [5.74, 6) is -2.76. The maximum atomic E-state index is 12.4. The van der Waals surface area contributed by atoms with E-state index in [0.717, 1.165) is 0 Å². The first-order valence-electron chi connectivity index (χ1n) is 7.14. The first-order chi connectivity index (χ1) is 10.6. The molecule has 10 heteroatoms. The third kappa shape index (κ3) is 4.64. The van der Waals surface area contributed by atoms with Crippen molar-refractivity contribution in [2.75, 3.05) is 6.54 Å². The number of amides is 1. The molecule has 0 aromatic rings. The van der Waals surface area contributed by atoms with E-state index in [-0.39, 0.29) is 0 Å². The normalized spacial score (nSPS) is 20.8. The Morgan fingerprint density at radius 2 is 1.96 bits per heavy atom. The number of likely N-dealkylation sites (tertiary alicyclic amines) is 1. The van der Waals surface area contributed by atoms with Crippen LogP contribution in [0.2, 0.25) is 0 Å². The van der Waals surface area contributed by atoms with Crippen LogP contribution in [-0.4, -0.2) is 62.4 Å². The number of carbonyl (C=O) groups is 3. The molecule has 0 spiro atoms. The molecule has 9 nitrogen and oxygen atoms in total. The minimum atomic E-state index is -1.22. The molecular formula is C13H21N3O6S. The first kappa shape index (κ1) is 19.4. The van der Waals surface area contributed by atoms with Gasteiger partial charge in [0, 0.05) is 23.1 Å². The Morgan fingerprint density at radius 1 is 1.35 bits per heavy atom. The van der Waals surface area contributed by atoms with Crippen molar-refractivity contribution in [3.05, 3.63) is 4.91 Å². The number of carboxylic acids is 2. The Labute approximate surface area is 137 Å². The molecule has 0 aromatic heterocycles. The van der Waals surface area contributed by atoms with Crippen molar-refractivity contribution < 1.29 is 24.6 Å². The standard InChI is InChI=1S/C13H21N3O6S/c1-7(10(17)16-6-4-5-8(16)11(18)19)14-9(12(20)21)13(2,3)23-15-22/h7-9,14H,4-6H2,1-3H3,(H,18,19)(H,20,21). The molecule has 1 aliphatic rings. The Kier molecular flexibility index (Phi) is 6.51. The van der Waals surface area contributed by atoms with E-state index in [1.54, 1.807) is 0 Å². The zero-order valence-electron chi connectivity index (χ0n) is 13.2. The maximum Gasteiger partial charge on any atom is 0.326 e. The lowest BCUT2D eigenvalue weighted by atomic mass is 10.0. The summed E-state index contributed by atoms with van der Waals surface area (Å²) >= 11 is 0.568. The van der Waals surface area contributed by atoms with E-state index >= 15 is 0 Å². The average Bonchev–Trinajstić information content (AvgIpc) is 2.92. The van der Waals surface area contributed by atoms with Crippen LogP contribution in [0.25, 0.3) is 0 Å². The first-order valence-corrected chi connectivity index (χ1v) is 7.92. The minimum absolute atomic E-state index is 0.327. The van der Waals surface area contributed by atoms with Crippen molar-refractivity contribution in [2.45, 2.75) is 56.5 Å². The van der Waals surface area contributed by atoms with E-state index in [4.69, 9.17) is 5.11 Å². The lowest BCUT2D eigenvalue weighted by molar-refractivity contribution is -0.149. The van der Waals surface area contributed by atoms with E-state index in [2.05, 4.69) is 9.90 Å². The zero-order chi connectivity index (χ0) is 17.8. The molecule has 0 aliphatic carbocycles. The molecule has 1 heterocycles. The second kappa shape index (κ2) is 7.73. The summed E-state index contributed by atoms with van der Waals surface area (Å²) in [6.07, 6.45) is 0.973. The Bertz CT molecular complexity index is 498. The Hall–Kier alpha value is -1.68. The molecule has 0 radical (unpaired) electrons. The largest absolute Gasteiger partial charge is 0.480 e.